The van der Waals surface area contributed by atoms with E-state index in [1.165, 1.54) is 6.92 Å². The third-order valence-electron chi connectivity index (χ3n) is 3.88. The molecule has 2 aliphatic rings. The van der Waals surface area contributed by atoms with E-state index in [1.807, 2.05) is 6.92 Å². The molecule has 16 heavy (non-hydrogen) atoms. The van der Waals surface area contributed by atoms with Crippen molar-refractivity contribution in [3.8, 4) is 0 Å². The largest absolute Gasteiger partial charge is 0.461 e. The van der Waals surface area contributed by atoms with Gasteiger partial charge in [0.1, 0.15) is 6.10 Å². The number of carbonyl (C=O) groups excluding carboxylic acids is 1. The van der Waals surface area contributed by atoms with Crippen LogP contribution >= 0.6 is 0 Å². The number of ether oxygens (including phenoxy) is 1. The van der Waals surface area contributed by atoms with Crippen LogP contribution in [0.1, 0.15) is 39.5 Å². The predicted molar refractivity (Wildman–Crippen MR) is 59.9 cm³/mol. The van der Waals surface area contributed by atoms with Gasteiger partial charge in [-0.2, -0.15) is 0 Å². The molecule has 2 N–H and O–H groups in total. The van der Waals surface area contributed by atoms with Gasteiger partial charge in [-0.3, -0.25) is 4.79 Å². The van der Waals surface area contributed by atoms with Crippen LogP contribution in [0.25, 0.3) is 0 Å². The summed E-state index contributed by atoms with van der Waals surface area (Å²) in [6.07, 6.45) is 3.55. The second-order valence-corrected chi connectivity index (χ2v) is 5.11. The molecule has 4 nitrogen and oxygen atoms in total. The van der Waals surface area contributed by atoms with Crippen LogP contribution in [0, 0.1) is 5.92 Å². The molecule has 0 radical (unpaired) electrons. The van der Waals surface area contributed by atoms with E-state index in [0.717, 1.165) is 25.7 Å². The van der Waals surface area contributed by atoms with E-state index in [-0.39, 0.29) is 30.1 Å². The first-order valence-corrected chi connectivity index (χ1v) is 6.19. The number of aliphatic hydroxyl groups is 1. The minimum absolute atomic E-state index is 0.0912. The van der Waals surface area contributed by atoms with Gasteiger partial charge in [0.2, 0.25) is 0 Å². The lowest BCUT2D eigenvalue weighted by Gasteiger charge is -2.45. The van der Waals surface area contributed by atoms with Gasteiger partial charge in [-0.15, -0.1) is 0 Å². The van der Waals surface area contributed by atoms with Gasteiger partial charge in [0.05, 0.1) is 6.10 Å². The maximum Gasteiger partial charge on any atom is 0.302 e. The predicted octanol–water partition coefficient (Wildman–Crippen LogP) is 0.829. The average molecular weight is 227 g/mol. The molecule has 0 aromatic carbocycles. The maximum atomic E-state index is 11.0. The molecule has 5 unspecified atom stereocenters. The molecular weight excluding hydrogens is 206 g/mol. The highest BCUT2D eigenvalue weighted by Crippen LogP contribution is 2.33. The van der Waals surface area contributed by atoms with Crippen molar-refractivity contribution in [2.75, 3.05) is 0 Å². The highest BCUT2D eigenvalue weighted by atomic mass is 16.5. The molecule has 0 aromatic rings. The number of aliphatic hydroxyl groups excluding tert-OH is 1. The van der Waals surface area contributed by atoms with Gasteiger partial charge in [0.15, 0.2) is 0 Å². The first kappa shape index (κ1) is 11.9. The van der Waals surface area contributed by atoms with E-state index in [0.29, 0.717) is 6.04 Å². The number of carbonyl (C=O) groups is 1. The van der Waals surface area contributed by atoms with Crippen molar-refractivity contribution in [3.05, 3.63) is 0 Å². The van der Waals surface area contributed by atoms with E-state index >= 15 is 0 Å². The zero-order chi connectivity index (χ0) is 11.7. The van der Waals surface area contributed by atoms with Gasteiger partial charge >= 0.3 is 5.97 Å². The molecule has 92 valence electrons. The summed E-state index contributed by atoms with van der Waals surface area (Å²) in [5, 5.41) is 13.4. The Bertz CT molecular complexity index is 269. The highest BCUT2D eigenvalue weighted by Gasteiger charge is 2.41. The molecule has 4 heteroatoms. The minimum atomic E-state index is -0.239. The fraction of sp³-hybridized carbons (Fsp3) is 0.917. The third-order valence-corrected chi connectivity index (χ3v) is 3.88. The van der Waals surface area contributed by atoms with Crippen LogP contribution in [0.5, 0.6) is 0 Å². The Labute approximate surface area is 96.4 Å². The van der Waals surface area contributed by atoms with Crippen molar-refractivity contribution in [2.45, 2.75) is 63.8 Å². The first-order chi connectivity index (χ1) is 7.58. The van der Waals surface area contributed by atoms with Gasteiger partial charge in [0, 0.05) is 24.9 Å². The SMILES string of the molecule is CC(=O)OC1CC2C(O)CCCC2NC1C. The van der Waals surface area contributed by atoms with Crippen molar-refractivity contribution in [3.63, 3.8) is 0 Å². The van der Waals surface area contributed by atoms with Crippen LogP contribution in [0.3, 0.4) is 0 Å². The molecule has 1 aliphatic carbocycles. The van der Waals surface area contributed by atoms with Crippen LogP contribution in [-0.2, 0) is 9.53 Å². The van der Waals surface area contributed by atoms with Crippen LogP contribution < -0.4 is 5.32 Å². The summed E-state index contributed by atoms with van der Waals surface area (Å²) in [4.78, 5) is 11.0. The second kappa shape index (κ2) is 4.72. The molecule has 1 saturated carbocycles. The molecule has 1 heterocycles. The Morgan fingerprint density at radius 1 is 1.44 bits per heavy atom. The fourth-order valence-corrected chi connectivity index (χ4v) is 3.05. The molecule has 0 aromatic heterocycles. The number of esters is 1. The fourth-order valence-electron chi connectivity index (χ4n) is 3.05. The van der Waals surface area contributed by atoms with Crippen molar-refractivity contribution in [2.24, 2.45) is 5.92 Å². The Balaban J connectivity index is 2.01. The summed E-state index contributed by atoms with van der Waals surface area (Å²) in [5.74, 6) is 0.0108. The summed E-state index contributed by atoms with van der Waals surface area (Å²) in [6, 6.07) is 0.584. The Morgan fingerprint density at radius 3 is 2.88 bits per heavy atom. The smallest absolute Gasteiger partial charge is 0.302 e. The van der Waals surface area contributed by atoms with Crippen LogP contribution in [0.15, 0.2) is 0 Å². The van der Waals surface area contributed by atoms with E-state index in [4.69, 9.17) is 4.74 Å². The zero-order valence-electron chi connectivity index (χ0n) is 9.98. The maximum absolute atomic E-state index is 11.0. The van der Waals surface area contributed by atoms with Gasteiger partial charge in [-0.25, -0.2) is 0 Å². The molecule has 1 saturated heterocycles. The molecule has 0 bridgehead atoms. The summed E-state index contributed by atoms with van der Waals surface area (Å²) < 4.78 is 5.29. The Morgan fingerprint density at radius 2 is 2.19 bits per heavy atom. The van der Waals surface area contributed by atoms with Crippen molar-refractivity contribution >= 4 is 5.97 Å². The second-order valence-electron chi connectivity index (χ2n) is 5.11. The van der Waals surface area contributed by atoms with Crippen LogP contribution in [0.2, 0.25) is 0 Å². The van der Waals surface area contributed by atoms with Gasteiger partial charge in [0.25, 0.3) is 0 Å². The summed E-state index contributed by atoms with van der Waals surface area (Å²) in [7, 11) is 0. The van der Waals surface area contributed by atoms with Crippen molar-refractivity contribution in [1.82, 2.24) is 5.32 Å². The third kappa shape index (κ3) is 2.38. The van der Waals surface area contributed by atoms with Crippen molar-refractivity contribution < 1.29 is 14.6 Å². The number of hydrogen-bond donors (Lipinski definition) is 2. The lowest BCUT2D eigenvalue weighted by molar-refractivity contribution is -0.152. The number of rotatable bonds is 1. The topological polar surface area (TPSA) is 58.6 Å². The summed E-state index contributed by atoms with van der Waals surface area (Å²) in [5.41, 5.74) is 0. The summed E-state index contributed by atoms with van der Waals surface area (Å²) in [6.45, 7) is 3.49. The van der Waals surface area contributed by atoms with Gasteiger partial charge in [-0.1, -0.05) is 0 Å². The number of piperidine rings is 1. The van der Waals surface area contributed by atoms with Crippen LogP contribution in [-0.4, -0.2) is 35.4 Å². The molecule has 5 atom stereocenters. The molecule has 1 aliphatic heterocycles. The quantitative estimate of drug-likeness (QED) is 0.651. The van der Waals surface area contributed by atoms with E-state index in [1.54, 1.807) is 0 Å². The van der Waals surface area contributed by atoms with Crippen molar-refractivity contribution in [1.29, 1.82) is 0 Å². The molecule has 0 spiro atoms. The lowest BCUT2D eigenvalue weighted by Crippen LogP contribution is -2.58. The number of nitrogens with one attached hydrogen (secondary N) is 1. The standard InChI is InChI=1S/C12H21NO3/c1-7-12(16-8(2)14)6-9-10(13-7)4-3-5-11(9)15/h7,9-13,15H,3-6H2,1-2H3. The average Bonchev–Trinajstić information content (AvgIpc) is 2.20. The lowest BCUT2D eigenvalue weighted by atomic mass is 9.75. The first-order valence-electron chi connectivity index (χ1n) is 6.19. The summed E-state index contributed by atoms with van der Waals surface area (Å²) >= 11 is 0. The van der Waals surface area contributed by atoms with Gasteiger partial charge in [-0.05, 0) is 32.6 Å². The number of hydrogen-bond acceptors (Lipinski definition) is 4. The van der Waals surface area contributed by atoms with Crippen LogP contribution in [0.4, 0.5) is 0 Å². The molecule has 0 amide bonds. The normalized spacial score (nSPS) is 43.6. The minimum Gasteiger partial charge on any atom is -0.461 e. The molecular formula is C12H21NO3. The van der Waals surface area contributed by atoms with E-state index in [9.17, 15) is 9.90 Å². The van der Waals surface area contributed by atoms with E-state index < -0.39 is 0 Å². The Hall–Kier alpha value is -0.610. The zero-order valence-corrected chi connectivity index (χ0v) is 9.98. The van der Waals surface area contributed by atoms with E-state index in [2.05, 4.69) is 5.32 Å². The van der Waals surface area contributed by atoms with Gasteiger partial charge < -0.3 is 15.2 Å². The molecule has 2 rings (SSSR count). The highest BCUT2D eigenvalue weighted by molar-refractivity contribution is 5.66. The monoisotopic (exact) mass is 227 g/mol. The number of fused-ring (bicyclic) bond motifs is 1. The Kier molecular flexibility index (Phi) is 3.50. The molecule has 2 fully saturated rings.